The predicted octanol–water partition coefficient (Wildman–Crippen LogP) is 3.90. The number of benzene rings is 2. The summed E-state index contributed by atoms with van der Waals surface area (Å²) in [6.07, 6.45) is -1.24. The molecule has 2 aromatic carbocycles. The van der Waals surface area contributed by atoms with Crippen molar-refractivity contribution in [3.05, 3.63) is 59.7 Å². The van der Waals surface area contributed by atoms with E-state index in [1.54, 1.807) is 38.1 Å². The Hall–Kier alpha value is -2.27. The van der Waals surface area contributed by atoms with Crippen LogP contribution in [0.3, 0.4) is 0 Å². The second kappa shape index (κ2) is 11.7. The minimum atomic E-state index is -4.19. The van der Waals surface area contributed by atoms with Crippen LogP contribution in [0.25, 0.3) is 0 Å². The molecule has 0 radical (unpaired) electrons. The lowest BCUT2D eigenvalue weighted by Gasteiger charge is -2.18. The van der Waals surface area contributed by atoms with Gasteiger partial charge >= 0.3 is 5.97 Å². The van der Waals surface area contributed by atoms with Crippen LogP contribution in [0.2, 0.25) is 0 Å². The number of esters is 1. The quantitative estimate of drug-likeness (QED) is 0.246. The summed E-state index contributed by atoms with van der Waals surface area (Å²) in [4.78, 5) is 12.4. The van der Waals surface area contributed by atoms with Crippen molar-refractivity contribution < 1.29 is 34.7 Å². The summed E-state index contributed by atoms with van der Waals surface area (Å²) in [5, 5.41) is 0. The molecule has 0 aliphatic heterocycles. The molecule has 10 heteroatoms. The number of hydrogen-bond acceptors (Lipinski definition) is 8. The van der Waals surface area contributed by atoms with Gasteiger partial charge in [-0.25, -0.2) is 4.79 Å². The van der Waals surface area contributed by atoms with Crippen molar-refractivity contribution in [3.63, 3.8) is 0 Å². The van der Waals surface area contributed by atoms with Crippen LogP contribution in [0.15, 0.2) is 58.3 Å². The third kappa shape index (κ3) is 8.54. The molecular weight excluding hydrogens is 468 g/mol. The molecule has 0 amide bonds. The molecule has 1 unspecified atom stereocenters. The van der Waals surface area contributed by atoms with Crippen molar-refractivity contribution in [3.8, 4) is 0 Å². The molecule has 0 N–H and O–H groups in total. The molecule has 33 heavy (non-hydrogen) atoms. The maximum Gasteiger partial charge on any atom is 0.337 e. The van der Waals surface area contributed by atoms with Gasteiger partial charge < -0.3 is 4.74 Å². The molecule has 0 spiro atoms. The molecule has 2 aromatic rings. The van der Waals surface area contributed by atoms with Crippen LogP contribution in [0.5, 0.6) is 0 Å². The third-order valence-electron chi connectivity index (χ3n) is 4.58. The second-order valence-electron chi connectivity index (χ2n) is 7.92. The van der Waals surface area contributed by atoms with E-state index in [4.69, 9.17) is 13.1 Å². The molecular formula is C23H30O8S2. The molecule has 0 aliphatic carbocycles. The minimum absolute atomic E-state index is 0.0184. The molecule has 8 nitrogen and oxygen atoms in total. The molecule has 0 heterocycles. The molecule has 0 saturated carbocycles. The number of hydrogen-bond donors (Lipinski definition) is 0. The number of rotatable bonds is 12. The zero-order valence-corrected chi connectivity index (χ0v) is 20.8. The van der Waals surface area contributed by atoms with Crippen molar-refractivity contribution in [2.45, 2.75) is 69.0 Å². The van der Waals surface area contributed by atoms with Crippen LogP contribution in [-0.4, -0.2) is 41.6 Å². The van der Waals surface area contributed by atoms with Gasteiger partial charge in [0.25, 0.3) is 20.2 Å². The van der Waals surface area contributed by atoms with Crippen LogP contribution in [0.4, 0.5) is 0 Å². The van der Waals surface area contributed by atoms with Crippen LogP contribution in [-0.2, 0) is 38.1 Å². The Bertz CT molecular complexity index is 1120. The summed E-state index contributed by atoms with van der Waals surface area (Å²) in [5.74, 6) is -0.797. The molecule has 0 saturated heterocycles. The van der Waals surface area contributed by atoms with Gasteiger partial charge in [0.2, 0.25) is 0 Å². The molecule has 0 bridgehead atoms. The van der Waals surface area contributed by atoms with E-state index in [-0.39, 0.29) is 35.7 Å². The van der Waals surface area contributed by atoms with E-state index in [1.807, 2.05) is 13.8 Å². The first-order valence-electron chi connectivity index (χ1n) is 10.6. The Morgan fingerprint density at radius 3 is 1.76 bits per heavy atom. The standard InChI is InChI=1S/C23H30O8S2/c1-17(2)30-23(24)22(31-33(27,28)21-14-10-19(4)11-15-21)7-5-6-16-29-32(25,26)20-12-8-18(3)9-13-20/h8-15,17,22H,5-7,16H2,1-4H3. The topological polar surface area (TPSA) is 113 Å². The summed E-state index contributed by atoms with van der Waals surface area (Å²) in [5.41, 5.74) is 1.80. The smallest absolute Gasteiger partial charge is 0.337 e. The summed E-state index contributed by atoms with van der Waals surface area (Å²) < 4.78 is 65.1. The van der Waals surface area contributed by atoms with Gasteiger partial charge in [0, 0.05) is 0 Å². The summed E-state index contributed by atoms with van der Waals surface area (Å²) in [7, 11) is -8.09. The number of ether oxygens (including phenoxy) is 1. The zero-order valence-electron chi connectivity index (χ0n) is 19.2. The fraction of sp³-hybridized carbons (Fsp3) is 0.435. The van der Waals surface area contributed by atoms with E-state index < -0.39 is 38.4 Å². The summed E-state index contributed by atoms with van der Waals surface area (Å²) >= 11 is 0. The molecule has 0 aromatic heterocycles. The lowest BCUT2D eigenvalue weighted by molar-refractivity contribution is -0.156. The summed E-state index contributed by atoms with van der Waals surface area (Å²) in [6, 6.07) is 12.3. The number of carbonyl (C=O) groups is 1. The van der Waals surface area contributed by atoms with Gasteiger partial charge in [-0.05, 0) is 71.2 Å². The Morgan fingerprint density at radius 2 is 1.27 bits per heavy atom. The Kier molecular flexibility index (Phi) is 9.59. The second-order valence-corrected chi connectivity index (χ2v) is 11.1. The fourth-order valence-corrected chi connectivity index (χ4v) is 4.80. The van der Waals surface area contributed by atoms with Gasteiger partial charge in [-0.2, -0.15) is 16.8 Å². The number of carbonyl (C=O) groups excluding carboxylic acids is 1. The molecule has 0 fully saturated rings. The lowest BCUT2D eigenvalue weighted by atomic mass is 10.1. The zero-order chi connectivity index (χ0) is 24.6. The predicted molar refractivity (Wildman–Crippen MR) is 123 cm³/mol. The van der Waals surface area contributed by atoms with Crippen molar-refractivity contribution in [1.29, 1.82) is 0 Å². The highest BCUT2D eigenvalue weighted by atomic mass is 32.2. The lowest BCUT2D eigenvalue weighted by Crippen LogP contribution is -2.31. The van der Waals surface area contributed by atoms with Gasteiger partial charge in [-0.15, -0.1) is 0 Å². The Morgan fingerprint density at radius 1 is 0.788 bits per heavy atom. The Labute approximate surface area is 196 Å². The first-order chi connectivity index (χ1) is 15.4. The van der Waals surface area contributed by atoms with Crippen LogP contribution in [0, 0.1) is 13.8 Å². The largest absolute Gasteiger partial charge is 0.461 e. The molecule has 1 atom stereocenters. The van der Waals surface area contributed by atoms with E-state index in [0.717, 1.165) is 11.1 Å². The van der Waals surface area contributed by atoms with E-state index in [0.29, 0.717) is 0 Å². The Balaban J connectivity index is 1.97. The fourth-order valence-electron chi connectivity index (χ4n) is 2.80. The monoisotopic (exact) mass is 498 g/mol. The average molecular weight is 499 g/mol. The van der Waals surface area contributed by atoms with Gasteiger partial charge in [-0.1, -0.05) is 35.4 Å². The van der Waals surface area contributed by atoms with Gasteiger partial charge in [-0.3, -0.25) is 8.37 Å². The van der Waals surface area contributed by atoms with Gasteiger partial charge in [0.1, 0.15) is 0 Å². The molecule has 2 rings (SSSR count). The first kappa shape index (κ1) is 27.0. The third-order valence-corrected chi connectivity index (χ3v) is 7.24. The molecule has 182 valence electrons. The SMILES string of the molecule is Cc1ccc(S(=O)(=O)OCCCCC(OS(=O)(=O)c2ccc(C)cc2)C(=O)OC(C)C)cc1. The van der Waals surface area contributed by atoms with Crippen molar-refractivity contribution in [2.24, 2.45) is 0 Å². The number of unbranched alkanes of at least 4 members (excludes halogenated alkanes) is 1. The van der Waals surface area contributed by atoms with E-state index in [2.05, 4.69) is 0 Å². The highest BCUT2D eigenvalue weighted by Gasteiger charge is 2.29. The van der Waals surface area contributed by atoms with Crippen molar-refractivity contribution >= 4 is 26.2 Å². The number of aryl methyl sites for hydroxylation is 2. The van der Waals surface area contributed by atoms with Crippen molar-refractivity contribution in [1.82, 2.24) is 0 Å². The van der Waals surface area contributed by atoms with Gasteiger partial charge in [0.15, 0.2) is 6.10 Å². The highest BCUT2D eigenvalue weighted by Crippen LogP contribution is 2.20. The van der Waals surface area contributed by atoms with Gasteiger partial charge in [0.05, 0.1) is 22.5 Å². The van der Waals surface area contributed by atoms with E-state index in [9.17, 15) is 21.6 Å². The minimum Gasteiger partial charge on any atom is -0.461 e. The maximum atomic E-state index is 12.6. The van der Waals surface area contributed by atoms with Crippen molar-refractivity contribution in [2.75, 3.05) is 6.61 Å². The summed E-state index contributed by atoms with van der Waals surface area (Å²) in [6.45, 7) is 6.84. The average Bonchev–Trinajstić information content (AvgIpc) is 2.72. The first-order valence-corrected chi connectivity index (χ1v) is 13.4. The molecule has 0 aliphatic rings. The highest BCUT2D eigenvalue weighted by molar-refractivity contribution is 7.87. The van der Waals surface area contributed by atoms with Crippen LogP contribution in [0.1, 0.15) is 44.2 Å². The van der Waals surface area contributed by atoms with E-state index >= 15 is 0 Å². The normalized spacial score (nSPS) is 13.1. The van der Waals surface area contributed by atoms with Crippen LogP contribution < -0.4 is 0 Å². The maximum absolute atomic E-state index is 12.6. The van der Waals surface area contributed by atoms with Crippen LogP contribution >= 0.6 is 0 Å². The van der Waals surface area contributed by atoms with E-state index in [1.165, 1.54) is 24.3 Å².